The summed E-state index contributed by atoms with van der Waals surface area (Å²) in [6.45, 7) is 6.97. The Morgan fingerprint density at radius 1 is 0.381 bits per heavy atom. The van der Waals surface area contributed by atoms with Gasteiger partial charge in [-0.1, -0.05) is 129 Å². The zero-order valence-electron chi connectivity index (χ0n) is 15.6. The highest BCUT2D eigenvalue weighted by Crippen LogP contribution is 2.19. The quantitative estimate of drug-likeness (QED) is 0.190. The summed E-state index contributed by atoms with van der Waals surface area (Å²) in [6, 6.07) is 4.97. The molecule has 0 nitrogen and oxygen atoms in total. The van der Waals surface area contributed by atoms with Crippen molar-refractivity contribution in [2.45, 2.75) is 129 Å². The maximum Gasteiger partial charge on any atom is 0.0367 e. The van der Waals surface area contributed by atoms with E-state index in [-0.39, 0.29) is 8.80 Å². The third-order valence-corrected chi connectivity index (χ3v) is 8.57. The molecule has 0 aromatic carbocycles. The monoisotopic (exact) mass is 312 g/mol. The van der Waals surface area contributed by atoms with Crippen LogP contribution in [0.2, 0.25) is 18.1 Å². The molecule has 0 aliphatic heterocycles. The third-order valence-electron chi connectivity index (χ3n) is 4.90. The lowest BCUT2D eigenvalue weighted by molar-refractivity contribution is 0.641. The van der Waals surface area contributed by atoms with Crippen LogP contribution >= 0.6 is 0 Å². The molecule has 0 fully saturated rings. The molecule has 0 unspecified atom stereocenters. The van der Waals surface area contributed by atoms with Crippen LogP contribution in [0.15, 0.2) is 0 Å². The first-order valence-electron chi connectivity index (χ1n) is 10.3. The SMILES string of the molecule is CCCCCCC[SiH](CCCCCC)CCCCCCC. The van der Waals surface area contributed by atoms with Gasteiger partial charge in [-0.2, -0.15) is 0 Å². The Morgan fingerprint density at radius 2 is 0.667 bits per heavy atom. The summed E-state index contributed by atoms with van der Waals surface area (Å²) in [5.74, 6) is 0. The Balaban J connectivity index is 3.69. The van der Waals surface area contributed by atoms with Crippen molar-refractivity contribution < 1.29 is 0 Å². The summed E-state index contributed by atoms with van der Waals surface area (Å²) in [4.78, 5) is 0. The van der Waals surface area contributed by atoms with E-state index in [4.69, 9.17) is 0 Å². The van der Waals surface area contributed by atoms with Crippen molar-refractivity contribution in [2.24, 2.45) is 0 Å². The average Bonchev–Trinajstić information content (AvgIpc) is 2.50. The largest absolute Gasteiger partial charge is 0.0654 e. The molecule has 0 rings (SSSR count). The smallest absolute Gasteiger partial charge is 0.0367 e. The van der Waals surface area contributed by atoms with Crippen molar-refractivity contribution in [3.05, 3.63) is 0 Å². The molecule has 0 saturated heterocycles. The van der Waals surface area contributed by atoms with E-state index in [1.807, 2.05) is 0 Å². The van der Waals surface area contributed by atoms with Crippen molar-refractivity contribution in [1.82, 2.24) is 0 Å². The molecule has 0 heterocycles. The van der Waals surface area contributed by atoms with Gasteiger partial charge < -0.3 is 0 Å². The standard InChI is InChI=1S/C20H44Si/c1-4-7-10-13-16-19-21(18-15-12-9-6-3)20-17-14-11-8-5-2/h21H,4-20H2,1-3H3. The van der Waals surface area contributed by atoms with Crippen LogP contribution in [0, 0.1) is 0 Å². The van der Waals surface area contributed by atoms with Crippen molar-refractivity contribution in [3.8, 4) is 0 Å². The lowest BCUT2D eigenvalue weighted by atomic mass is 10.2. The van der Waals surface area contributed by atoms with Crippen LogP contribution < -0.4 is 0 Å². The number of unbranched alkanes of at least 4 members (excludes halogenated alkanes) is 11. The van der Waals surface area contributed by atoms with Gasteiger partial charge in [-0.25, -0.2) is 0 Å². The topological polar surface area (TPSA) is 0 Å². The first kappa shape index (κ1) is 21.2. The third kappa shape index (κ3) is 16.4. The molecular formula is C20H44Si. The van der Waals surface area contributed by atoms with E-state index in [0.717, 1.165) is 0 Å². The molecule has 0 N–H and O–H groups in total. The number of hydrogen-bond donors (Lipinski definition) is 0. The summed E-state index contributed by atoms with van der Waals surface area (Å²) >= 11 is 0. The molecule has 0 aromatic heterocycles. The lowest BCUT2D eigenvalue weighted by Gasteiger charge is -2.15. The fourth-order valence-electron chi connectivity index (χ4n) is 3.37. The van der Waals surface area contributed by atoms with Crippen LogP contribution in [-0.2, 0) is 0 Å². The van der Waals surface area contributed by atoms with Gasteiger partial charge in [0.2, 0.25) is 0 Å². The molecule has 1 heteroatoms. The van der Waals surface area contributed by atoms with Gasteiger partial charge in [0.15, 0.2) is 0 Å². The highest BCUT2D eigenvalue weighted by atomic mass is 28.3. The van der Waals surface area contributed by atoms with E-state index >= 15 is 0 Å². The van der Waals surface area contributed by atoms with Gasteiger partial charge in [0.05, 0.1) is 0 Å². The highest BCUT2D eigenvalue weighted by Gasteiger charge is 2.10. The van der Waals surface area contributed by atoms with Gasteiger partial charge in [-0.15, -0.1) is 0 Å². The second-order valence-corrected chi connectivity index (χ2v) is 10.6. The Bertz CT molecular complexity index is 165. The predicted molar refractivity (Wildman–Crippen MR) is 103 cm³/mol. The zero-order chi connectivity index (χ0) is 15.6. The summed E-state index contributed by atoms with van der Waals surface area (Å²) < 4.78 is 0. The second-order valence-electron chi connectivity index (χ2n) is 7.12. The Morgan fingerprint density at radius 3 is 1.00 bits per heavy atom. The van der Waals surface area contributed by atoms with Gasteiger partial charge in [0, 0.05) is 8.80 Å². The molecule has 0 bridgehead atoms. The van der Waals surface area contributed by atoms with Crippen molar-refractivity contribution >= 4 is 8.80 Å². The zero-order valence-corrected chi connectivity index (χ0v) is 16.8. The van der Waals surface area contributed by atoms with Crippen LogP contribution in [0.1, 0.15) is 111 Å². The van der Waals surface area contributed by atoms with Crippen LogP contribution in [0.5, 0.6) is 0 Å². The summed E-state index contributed by atoms with van der Waals surface area (Å²) in [7, 11) is -0.380. The molecular weight excluding hydrogens is 268 g/mol. The lowest BCUT2D eigenvalue weighted by Crippen LogP contribution is -2.12. The predicted octanol–water partition coefficient (Wildman–Crippen LogP) is 7.73. The van der Waals surface area contributed by atoms with Gasteiger partial charge in [-0.05, 0) is 0 Å². The van der Waals surface area contributed by atoms with E-state index in [1.165, 1.54) is 70.6 Å². The maximum absolute atomic E-state index is 2.33. The van der Waals surface area contributed by atoms with Gasteiger partial charge in [0.1, 0.15) is 0 Å². The van der Waals surface area contributed by atoms with Gasteiger partial charge >= 0.3 is 0 Å². The van der Waals surface area contributed by atoms with E-state index < -0.39 is 0 Å². The Hall–Kier alpha value is 0.217. The van der Waals surface area contributed by atoms with Crippen LogP contribution in [0.3, 0.4) is 0 Å². The minimum absolute atomic E-state index is 0.380. The summed E-state index contributed by atoms with van der Waals surface area (Å²) in [5, 5.41) is 0. The molecule has 0 aromatic rings. The summed E-state index contributed by atoms with van der Waals surface area (Å²) in [6.07, 6.45) is 20.7. The van der Waals surface area contributed by atoms with Crippen molar-refractivity contribution in [3.63, 3.8) is 0 Å². The minimum Gasteiger partial charge on any atom is -0.0654 e. The van der Waals surface area contributed by atoms with E-state index in [9.17, 15) is 0 Å². The Kier molecular flexibility index (Phi) is 18.5. The molecule has 0 amide bonds. The van der Waals surface area contributed by atoms with E-state index in [1.54, 1.807) is 37.4 Å². The minimum atomic E-state index is -0.380. The number of hydrogen-bond acceptors (Lipinski definition) is 0. The van der Waals surface area contributed by atoms with E-state index in [2.05, 4.69) is 20.8 Å². The van der Waals surface area contributed by atoms with Crippen molar-refractivity contribution in [1.29, 1.82) is 0 Å². The summed E-state index contributed by atoms with van der Waals surface area (Å²) in [5.41, 5.74) is 0. The molecule has 0 spiro atoms. The molecule has 0 radical (unpaired) electrons. The molecule has 21 heavy (non-hydrogen) atoms. The van der Waals surface area contributed by atoms with Crippen LogP contribution in [0.25, 0.3) is 0 Å². The molecule has 0 aliphatic rings. The highest BCUT2D eigenvalue weighted by molar-refractivity contribution is 6.58. The van der Waals surface area contributed by atoms with E-state index in [0.29, 0.717) is 0 Å². The normalized spacial score (nSPS) is 11.4. The van der Waals surface area contributed by atoms with Crippen LogP contribution in [-0.4, -0.2) is 8.80 Å². The van der Waals surface area contributed by atoms with Gasteiger partial charge in [0.25, 0.3) is 0 Å². The molecule has 0 saturated carbocycles. The fraction of sp³-hybridized carbons (Fsp3) is 1.00. The second kappa shape index (κ2) is 18.3. The average molecular weight is 313 g/mol. The maximum atomic E-state index is 2.33. The Labute approximate surface area is 138 Å². The molecule has 0 atom stereocenters. The van der Waals surface area contributed by atoms with Gasteiger partial charge in [-0.3, -0.25) is 0 Å². The van der Waals surface area contributed by atoms with Crippen molar-refractivity contribution in [2.75, 3.05) is 0 Å². The fourth-order valence-corrected chi connectivity index (χ4v) is 6.83. The first-order valence-corrected chi connectivity index (χ1v) is 12.8. The first-order chi connectivity index (χ1) is 10.3. The number of rotatable bonds is 17. The molecule has 128 valence electrons. The molecule has 0 aliphatic carbocycles. The van der Waals surface area contributed by atoms with Crippen LogP contribution in [0.4, 0.5) is 0 Å².